The van der Waals surface area contributed by atoms with E-state index < -0.39 is 0 Å². The van der Waals surface area contributed by atoms with Crippen molar-refractivity contribution in [1.29, 1.82) is 0 Å². The quantitative estimate of drug-likeness (QED) is 0.839. The average molecular weight is 325 g/mol. The van der Waals surface area contributed by atoms with Gasteiger partial charge in [0.15, 0.2) is 0 Å². The van der Waals surface area contributed by atoms with Crippen LogP contribution < -0.4 is 0 Å². The summed E-state index contributed by atoms with van der Waals surface area (Å²) in [4.78, 5) is 14.4. The summed E-state index contributed by atoms with van der Waals surface area (Å²) < 4.78 is 5.51. The molecule has 3 rings (SSSR count). The molecule has 1 saturated carbocycles. The van der Waals surface area contributed by atoms with E-state index >= 15 is 0 Å². The van der Waals surface area contributed by atoms with Crippen molar-refractivity contribution >= 4 is 29.4 Å². The van der Waals surface area contributed by atoms with E-state index in [1.807, 2.05) is 35.7 Å². The molecule has 1 aromatic heterocycles. The number of nitrogens with zero attached hydrogens (tertiary/aromatic N) is 1. The number of carbonyl (C=O) groups excluding carboxylic acids is 1. The molecule has 1 aliphatic carbocycles. The number of amides is 1. The number of hydrogen-bond acceptors (Lipinski definition) is 4. The zero-order valence-electron chi connectivity index (χ0n) is 12.3. The van der Waals surface area contributed by atoms with Crippen LogP contribution in [0.25, 0.3) is 0 Å². The Hall–Kier alpha value is -0.550. The molecule has 2 heterocycles. The Kier molecular flexibility index (Phi) is 5.58. The molecule has 1 saturated heterocycles. The molecule has 1 amide bonds. The zero-order valence-corrected chi connectivity index (χ0v) is 14.0. The van der Waals surface area contributed by atoms with Crippen LogP contribution in [-0.4, -0.2) is 40.7 Å². The second-order valence-corrected chi connectivity index (χ2v) is 8.36. The summed E-state index contributed by atoms with van der Waals surface area (Å²) in [5, 5.41) is 1.13. The molecule has 0 unspecified atom stereocenters. The molecule has 1 aromatic rings. The highest BCUT2D eigenvalue weighted by atomic mass is 32.2. The predicted molar refractivity (Wildman–Crippen MR) is 89.8 cm³/mol. The molecule has 2 aliphatic rings. The largest absolute Gasteiger partial charge is 0.468 e. The summed E-state index contributed by atoms with van der Waals surface area (Å²) in [5.74, 6) is 3.05. The molecular formula is C16H23NO2S2. The minimum absolute atomic E-state index is 0.326. The second kappa shape index (κ2) is 7.63. The number of furan rings is 1. The third-order valence-corrected chi connectivity index (χ3v) is 6.94. The van der Waals surface area contributed by atoms with E-state index in [1.165, 1.54) is 25.7 Å². The van der Waals surface area contributed by atoms with Gasteiger partial charge in [-0.1, -0.05) is 12.8 Å². The lowest BCUT2D eigenvalue weighted by atomic mass is 10.2. The molecule has 0 aromatic carbocycles. The van der Waals surface area contributed by atoms with E-state index in [9.17, 15) is 4.79 Å². The number of thioether (sulfide) groups is 2. The van der Waals surface area contributed by atoms with E-state index in [2.05, 4.69) is 4.90 Å². The molecular weight excluding hydrogens is 302 g/mol. The Bertz CT molecular complexity index is 443. The smallest absolute Gasteiger partial charge is 0.232 e. The third kappa shape index (κ3) is 4.22. The van der Waals surface area contributed by atoms with E-state index in [4.69, 9.17) is 4.42 Å². The van der Waals surface area contributed by atoms with Crippen LogP contribution in [0.15, 0.2) is 22.8 Å². The number of carbonyl (C=O) groups is 1. The van der Waals surface area contributed by atoms with Crippen LogP contribution in [0, 0.1) is 0 Å². The zero-order chi connectivity index (χ0) is 14.5. The monoisotopic (exact) mass is 325 g/mol. The molecule has 2 fully saturated rings. The van der Waals surface area contributed by atoms with Gasteiger partial charge in [-0.25, -0.2) is 0 Å². The summed E-state index contributed by atoms with van der Waals surface area (Å²) >= 11 is 3.79. The summed E-state index contributed by atoms with van der Waals surface area (Å²) in [7, 11) is 0. The maximum absolute atomic E-state index is 12.4. The lowest BCUT2D eigenvalue weighted by molar-refractivity contribution is -0.128. The van der Waals surface area contributed by atoms with Crippen molar-refractivity contribution in [1.82, 2.24) is 4.90 Å². The Balaban J connectivity index is 1.46. The van der Waals surface area contributed by atoms with Gasteiger partial charge in [0.25, 0.3) is 0 Å². The van der Waals surface area contributed by atoms with Crippen molar-refractivity contribution in [2.75, 3.05) is 24.6 Å². The van der Waals surface area contributed by atoms with E-state index in [0.29, 0.717) is 16.9 Å². The van der Waals surface area contributed by atoms with Crippen LogP contribution in [0.5, 0.6) is 0 Å². The maximum atomic E-state index is 12.4. The molecule has 0 spiro atoms. The lowest BCUT2D eigenvalue weighted by Gasteiger charge is -2.20. The third-order valence-electron chi connectivity index (χ3n) is 4.30. The van der Waals surface area contributed by atoms with Crippen LogP contribution in [0.2, 0.25) is 0 Å². The van der Waals surface area contributed by atoms with Gasteiger partial charge in [0.05, 0.1) is 17.3 Å². The molecule has 116 valence electrons. The van der Waals surface area contributed by atoms with Gasteiger partial charge >= 0.3 is 0 Å². The molecule has 1 aliphatic heterocycles. The first-order valence-corrected chi connectivity index (χ1v) is 9.97. The summed E-state index contributed by atoms with van der Waals surface area (Å²) in [6.07, 6.45) is 8.02. The molecule has 21 heavy (non-hydrogen) atoms. The Morgan fingerprint density at radius 1 is 1.33 bits per heavy atom. The lowest BCUT2D eigenvalue weighted by Crippen LogP contribution is -2.34. The first kappa shape index (κ1) is 15.3. The molecule has 3 nitrogen and oxygen atoms in total. The fourth-order valence-corrected chi connectivity index (χ4v) is 5.47. The fraction of sp³-hybridized carbons (Fsp3) is 0.688. The SMILES string of the molecule is O=C(CSC1CCCC1)N1CCS[C@@H](c2ccco2)CC1. The molecule has 1 atom stereocenters. The van der Waals surface area contributed by atoms with Gasteiger partial charge in [0.1, 0.15) is 5.76 Å². The van der Waals surface area contributed by atoms with Gasteiger partial charge in [0.2, 0.25) is 5.91 Å². The maximum Gasteiger partial charge on any atom is 0.232 e. The van der Waals surface area contributed by atoms with Crippen molar-refractivity contribution in [2.45, 2.75) is 42.6 Å². The normalized spacial score (nSPS) is 24.2. The van der Waals surface area contributed by atoms with Crippen LogP contribution in [0.3, 0.4) is 0 Å². The average Bonchev–Trinajstić information content (AvgIpc) is 3.15. The number of rotatable bonds is 4. The van der Waals surface area contributed by atoms with Gasteiger partial charge in [0, 0.05) is 24.1 Å². The van der Waals surface area contributed by atoms with E-state index in [-0.39, 0.29) is 0 Å². The number of hydrogen-bond donors (Lipinski definition) is 0. The van der Waals surface area contributed by atoms with Crippen molar-refractivity contribution < 1.29 is 9.21 Å². The van der Waals surface area contributed by atoms with Gasteiger partial charge < -0.3 is 9.32 Å². The van der Waals surface area contributed by atoms with Gasteiger partial charge in [-0.2, -0.15) is 0 Å². The fourth-order valence-electron chi connectivity index (χ4n) is 3.06. The standard InChI is InChI=1S/C16H23NO2S2/c18-16(12-21-13-4-1-2-5-13)17-8-7-15(20-11-9-17)14-6-3-10-19-14/h3,6,10,13,15H,1-2,4-5,7-9,11-12H2/t15-/m1/s1. The molecule has 0 N–H and O–H groups in total. The topological polar surface area (TPSA) is 33.5 Å². The Labute approximate surface area is 135 Å². The van der Waals surface area contributed by atoms with Crippen LogP contribution in [0.4, 0.5) is 0 Å². The van der Waals surface area contributed by atoms with Crippen LogP contribution in [-0.2, 0) is 4.79 Å². The Morgan fingerprint density at radius 2 is 2.19 bits per heavy atom. The highest BCUT2D eigenvalue weighted by Gasteiger charge is 2.24. The first-order chi connectivity index (χ1) is 10.3. The van der Waals surface area contributed by atoms with Crippen LogP contribution >= 0.6 is 23.5 Å². The first-order valence-electron chi connectivity index (χ1n) is 7.87. The molecule has 5 heteroatoms. The van der Waals surface area contributed by atoms with Crippen LogP contribution in [0.1, 0.15) is 43.1 Å². The summed E-state index contributed by atoms with van der Waals surface area (Å²) in [6, 6.07) is 3.99. The minimum Gasteiger partial charge on any atom is -0.468 e. The Morgan fingerprint density at radius 3 is 2.95 bits per heavy atom. The highest BCUT2D eigenvalue weighted by molar-refractivity contribution is 8.00. The van der Waals surface area contributed by atoms with Crippen molar-refractivity contribution in [3.63, 3.8) is 0 Å². The molecule has 0 bridgehead atoms. The summed E-state index contributed by atoms with van der Waals surface area (Å²) in [6.45, 7) is 1.74. The molecule has 0 radical (unpaired) electrons. The highest BCUT2D eigenvalue weighted by Crippen LogP contribution is 2.35. The van der Waals surface area contributed by atoms with E-state index in [0.717, 1.165) is 36.3 Å². The second-order valence-electron chi connectivity index (χ2n) is 5.76. The van der Waals surface area contributed by atoms with Crippen molar-refractivity contribution in [2.24, 2.45) is 0 Å². The van der Waals surface area contributed by atoms with Gasteiger partial charge in [-0.3, -0.25) is 4.79 Å². The van der Waals surface area contributed by atoms with E-state index in [1.54, 1.807) is 6.26 Å². The van der Waals surface area contributed by atoms with Gasteiger partial charge in [-0.05, 0) is 31.4 Å². The van der Waals surface area contributed by atoms with Crippen molar-refractivity contribution in [3.8, 4) is 0 Å². The summed E-state index contributed by atoms with van der Waals surface area (Å²) in [5.41, 5.74) is 0. The predicted octanol–water partition coefficient (Wildman–Crippen LogP) is 3.96. The minimum atomic E-state index is 0.326. The van der Waals surface area contributed by atoms with Crippen molar-refractivity contribution in [3.05, 3.63) is 24.2 Å². The van der Waals surface area contributed by atoms with Gasteiger partial charge in [-0.15, -0.1) is 23.5 Å².